The van der Waals surface area contributed by atoms with E-state index in [4.69, 9.17) is 15.2 Å². The minimum atomic E-state index is -0.328. The Balaban J connectivity index is 2.17. The minimum absolute atomic E-state index is 0.183. The average Bonchev–Trinajstić information content (AvgIpc) is 2.39. The fraction of sp³-hybridized carbons (Fsp3) is 0.500. The van der Waals surface area contributed by atoms with E-state index in [1.165, 1.54) is 7.11 Å². The van der Waals surface area contributed by atoms with Gasteiger partial charge in [-0.05, 0) is 38.0 Å². The van der Waals surface area contributed by atoms with Gasteiger partial charge < -0.3 is 20.5 Å². The summed E-state index contributed by atoms with van der Waals surface area (Å²) in [6.07, 6.45) is 1.86. The molecule has 0 radical (unpaired) electrons. The zero-order chi connectivity index (χ0) is 13.9. The number of amides is 1. The summed E-state index contributed by atoms with van der Waals surface area (Å²) < 4.78 is 10.6. The number of methoxy groups -OCH3 is 1. The lowest BCUT2D eigenvalue weighted by Gasteiger charge is -2.34. The third-order valence-electron chi connectivity index (χ3n) is 3.32. The molecule has 1 atom stereocenters. The molecule has 19 heavy (non-hydrogen) atoms. The Morgan fingerprint density at radius 3 is 2.95 bits per heavy atom. The maximum absolute atomic E-state index is 12.3. The number of ether oxygens (including phenoxy) is 2. The summed E-state index contributed by atoms with van der Waals surface area (Å²) in [7, 11) is 1.54. The van der Waals surface area contributed by atoms with Crippen molar-refractivity contribution in [2.45, 2.75) is 25.3 Å². The van der Waals surface area contributed by atoms with Crippen molar-refractivity contribution in [1.29, 1.82) is 0 Å². The van der Waals surface area contributed by atoms with Crippen molar-refractivity contribution in [1.82, 2.24) is 5.32 Å². The summed E-state index contributed by atoms with van der Waals surface area (Å²) in [6, 6.07) is 5.03. The Morgan fingerprint density at radius 1 is 1.53 bits per heavy atom. The van der Waals surface area contributed by atoms with E-state index >= 15 is 0 Å². The molecule has 1 amide bonds. The zero-order valence-corrected chi connectivity index (χ0v) is 11.4. The molecule has 1 unspecified atom stereocenters. The summed E-state index contributed by atoms with van der Waals surface area (Å²) in [5.41, 5.74) is 6.39. The van der Waals surface area contributed by atoms with Crippen molar-refractivity contribution >= 4 is 11.6 Å². The molecular weight excluding hydrogens is 244 g/mol. The quantitative estimate of drug-likeness (QED) is 0.813. The SMILES string of the molecule is COc1ccc(N)cc1C(=O)NC1(C)CCCOC1. The van der Waals surface area contributed by atoms with Crippen LogP contribution in [-0.4, -0.2) is 31.8 Å². The van der Waals surface area contributed by atoms with E-state index < -0.39 is 0 Å². The first-order valence-electron chi connectivity index (χ1n) is 6.38. The number of benzene rings is 1. The third kappa shape index (κ3) is 3.17. The number of carbonyl (C=O) groups excluding carboxylic acids is 1. The third-order valence-corrected chi connectivity index (χ3v) is 3.32. The summed E-state index contributed by atoms with van der Waals surface area (Å²) in [5.74, 6) is 0.337. The van der Waals surface area contributed by atoms with Crippen molar-refractivity contribution in [3.63, 3.8) is 0 Å². The summed E-state index contributed by atoms with van der Waals surface area (Å²) in [4.78, 5) is 12.3. The molecule has 1 aliphatic heterocycles. The van der Waals surface area contributed by atoms with Crippen LogP contribution in [0.2, 0.25) is 0 Å². The van der Waals surface area contributed by atoms with Crippen LogP contribution in [-0.2, 0) is 4.74 Å². The minimum Gasteiger partial charge on any atom is -0.496 e. The molecule has 0 bridgehead atoms. The molecule has 1 aromatic rings. The lowest BCUT2D eigenvalue weighted by Crippen LogP contribution is -2.51. The largest absolute Gasteiger partial charge is 0.496 e. The van der Waals surface area contributed by atoms with Gasteiger partial charge in [-0.3, -0.25) is 4.79 Å². The van der Waals surface area contributed by atoms with Crippen molar-refractivity contribution < 1.29 is 14.3 Å². The van der Waals surface area contributed by atoms with Crippen molar-refractivity contribution in [2.24, 2.45) is 0 Å². The number of nitrogens with one attached hydrogen (secondary N) is 1. The zero-order valence-electron chi connectivity index (χ0n) is 11.4. The second kappa shape index (κ2) is 5.48. The molecule has 0 aromatic heterocycles. The van der Waals surface area contributed by atoms with E-state index in [-0.39, 0.29) is 11.4 Å². The van der Waals surface area contributed by atoms with Gasteiger partial charge in [0.05, 0.1) is 24.8 Å². The highest BCUT2D eigenvalue weighted by molar-refractivity contribution is 5.98. The number of carbonyl (C=O) groups is 1. The smallest absolute Gasteiger partial charge is 0.255 e. The molecule has 0 saturated carbocycles. The lowest BCUT2D eigenvalue weighted by atomic mass is 9.94. The van der Waals surface area contributed by atoms with Gasteiger partial charge >= 0.3 is 0 Å². The molecule has 0 spiro atoms. The molecule has 1 aliphatic rings. The standard InChI is InChI=1S/C14H20N2O3/c1-14(6-3-7-19-9-14)16-13(17)11-8-10(15)4-5-12(11)18-2/h4-5,8H,3,6-7,9,15H2,1-2H3,(H,16,17). The van der Waals surface area contributed by atoms with Gasteiger partial charge in [-0.2, -0.15) is 0 Å². The Kier molecular flexibility index (Phi) is 3.95. The van der Waals surface area contributed by atoms with Gasteiger partial charge in [-0.15, -0.1) is 0 Å². The maximum atomic E-state index is 12.3. The van der Waals surface area contributed by atoms with Crippen molar-refractivity contribution in [2.75, 3.05) is 26.1 Å². The summed E-state index contributed by atoms with van der Waals surface area (Å²) >= 11 is 0. The number of nitrogen functional groups attached to an aromatic ring is 1. The molecule has 2 rings (SSSR count). The van der Waals surface area contributed by atoms with Gasteiger partial charge in [0, 0.05) is 12.3 Å². The van der Waals surface area contributed by atoms with E-state index in [0.29, 0.717) is 23.6 Å². The van der Waals surface area contributed by atoms with Crippen molar-refractivity contribution in [3.8, 4) is 5.75 Å². The fourth-order valence-corrected chi connectivity index (χ4v) is 2.28. The summed E-state index contributed by atoms with van der Waals surface area (Å²) in [6.45, 7) is 3.28. The van der Waals surface area contributed by atoms with Crippen LogP contribution in [0.15, 0.2) is 18.2 Å². The van der Waals surface area contributed by atoms with Crippen LogP contribution in [0.25, 0.3) is 0 Å². The van der Waals surface area contributed by atoms with Crippen LogP contribution in [0.3, 0.4) is 0 Å². The molecule has 5 nitrogen and oxygen atoms in total. The molecule has 1 saturated heterocycles. The molecule has 1 fully saturated rings. The highest BCUT2D eigenvalue weighted by Crippen LogP contribution is 2.24. The first kappa shape index (κ1) is 13.7. The second-order valence-corrected chi connectivity index (χ2v) is 5.13. The molecule has 104 valence electrons. The fourth-order valence-electron chi connectivity index (χ4n) is 2.28. The normalized spacial score (nSPS) is 22.8. The molecule has 0 aliphatic carbocycles. The predicted octanol–water partition coefficient (Wildman–Crippen LogP) is 1.58. The van der Waals surface area contributed by atoms with Gasteiger partial charge in [-0.1, -0.05) is 0 Å². The average molecular weight is 264 g/mol. The highest BCUT2D eigenvalue weighted by Gasteiger charge is 2.30. The monoisotopic (exact) mass is 264 g/mol. The number of hydrogen-bond donors (Lipinski definition) is 2. The van der Waals surface area contributed by atoms with Gasteiger partial charge in [-0.25, -0.2) is 0 Å². The van der Waals surface area contributed by atoms with Crippen LogP contribution in [0.1, 0.15) is 30.1 Å². The van der Waals surface area contributed by atoms with Gasteiger partial charge in [0.15, 0.2) is 0 Å². The predicted molar refractivity (Wildman–Crippen MR) is 73.3 cm³/mol. The second-order valence-electron chi connectivity index (χ2n) is 5.13. The number of rotatable bonds is 3. The van der Waals surface area contributed by atoms with Crippen LogP contribution in [0.4, 0.5) is 5.69 Å². The van der Waals surface area contributed by atoms with Gasteiger partial charge in [0.2, 0.25) is 0 Å². The van der Waals surface area contributed by atoms with Gasteiger partial charge in [0.1, 0.15) is 5.75 Å². The topological polar surface area (TPSA) is 73.6 Å². The van der Waals surface area contributed by atoms with Crippen LogP contribution in [0, 0.1) is 0 Å². The van der Waals surface area contributed by atoms with Crippen LogP contribution in [0.5, 0.6) is 5.75 Å². The number of hydrogen-bond acceptors (Lipinski definition) is 4. The van der Waals surface area contributed by atoms with Crippen LogP contribution >= 0.6 is 0 Å². The van der Waals surface area contributed by atoms with E-state index in [1.807, 2.05) is 6.92 Å². The number of nitrogens with two attached hydrogens (primary N) is 1. The lowest BCUT2D eigenvalue weighted by molar-refractivity contribution is 0.0272. The van der Waals surface area contributed by atoms with E-state index in [0.717, 1.165) is 19.4 Å². The summed E-state index contributed by atoms with van der Waals surface area (Å²) in [5, 5.41) is 3.01. The van der Waals surface area contributed by atoms with E-state index in [2.05, 4.69) is 5.32 Å². The molecule has 3 N–H and O–H groups in total. The molecule has 1 aromatic carbocycles. The first-order valence-corrected chi connectivity index (χ1v) is 6.38. The highest BCUT2D eigenvalue weighted by atomic mass is 16.5. The number of anilines is 1. The molecule has 5 heteroatoms. The Bertz CT molecular complexity index is 468. The maximum Gasteiger partial charge on any atom is 0.255 e. The molecular formula is C14H20N2O3. The Morgan fingerprint density at radius 2 is 2.32 bits per heavy atom. The first-order chi connectivity index (χ1) is 9.04. The Hall–Kier alpha value is -1.75. The van der Waals surface area contributed by atoms with Crippen molar-refractivity contribution in [3.05, 3.63) is 23.8 Å². The van der Waals surface area contributed by atoms with Gasteiger partial charge in [0.25, 0.3) is 5.91 Å². The van der Waals surface area contributed by atoms with E-state index in [9.17, 15) is 4.79 Å². The Labute approximate surface area is 113 Å². The molecule has 1 heterocycles. The van der Waals surface area contributed by atoms with E-state index in [1.54, 1.807) is 18.2 Å². The van der Waals surface area contributed by atoms with Crippen LogP contribution < -0.4 is 15.8 Å².